The third-order valence-corrected chi connectivity index (χ3v) is 6.33. The number of hydrogen-bond acceptors (Lipinski definition) is 1. The van der Waals surface area contributed by atoms with Crippen molar-refractivity contribution in [1.82, 2.24) is 4.98 Å². The first-order valence-electron chi connectivity index (χ1n) is 7.67. The molecule has 0 saturated carbocycles. The Bertz CT molecular complexity index is 923. The number of hydrogen-bond donors (Lipinski definition) is 0. The second-order valence-electron chi connectivity index (χ2n) is 6.91. The molecule has 1 aliphatic carbocycles. The summed E-state index contributed by atoms with van der Waals surface area (Å²) in [5.41, 5.74) is 5.73. The van der Waals surface area contributed by atoms with Crippen LogP contribution in [0.1, 0.15) is 11.1 Å². The molecule has 1 heterocycles. The molecule has 117 valence electrons. The minimum atomic E-state index is -1.32. The van der Waals surface area contributed by atoms with Crippen LogP contribution in [0.4, 0.5) is 0 Å². The zero-order valence-corrected chi connectivity index (χ0v) is 16.9. The summed E-state index contributed by atoms with van der Waals surface area (Å²) in [5.74, 6) is 0. The Labute approximate surface area is 151 Å². The van der Waals surface area contributed by atoms with Gasteiger partial charge in [0.25, 0.3) is 0 Å². The van der Waals surface area contributed by atoms with Crippen molar-refractivity contribution in [3.63, 3.8) is 0 Å². The molecular weight excluding hydrogens is 475 g/mol. The molecule has 0 saturated heterocycles. The number of benzene rings is 2. The van der Waals surface area contributed by atoms with Crippen LogP contribution in [-0.2, 0) is 20.1 Å². The van der Waals surface area contributed by atoms with E-state index in [4.69, 9.17) is 4.98 Å². The molecule has 0 N–H and O–H groups in total. The smallest absolute Gasteiger partial charge is 0.0607 e. The predicted molar refractivity (Wildman–Crippen MR) is 97.9 cm³/mol. The second-order valence-corrected chi connectivity index (χ2v) is 12.0. The van der Waals surface area contributed by atoms with Crippen molar-refractivity contribution < 1.29 is 20.1 Å². The molecule has 3 aromatic rings. The zero-order chi connectivity index (χ0) is 15.3. The summed E-state index contributed by atoms with van der Waals surface area (Å²) in [6.45, 7) is 7.11. The molecular formula is C20H18IrNSi-. The largest absolute Gasteiger partial charge is 0.296 e. The van der Waals surface area contributed by atoms with Gasteiger partial charge in [0, 0.05) is 25.5 Å². The SMILES string of the molecule is C[Si](C)(C)c1cc[c-]c(-c2cc3c4c(cccc4n2)C=C3)c1.[Ir]. The van der Waals surface area contributed by atoms with Crippen molar-refractivity contribution >= 4 is 36.3 Å². The van der Waals surface area contributed by atoms with Gasteiger partial charge in [-0.1, -0.05) is 50.0 Å². The van der Waals surface area contributed by atoms with Gasteiger partial charge in [-0.2, -0.15) is 0 Å². The molecule has 1 aliphatic rings. The molecule has 1 radical (unpaired) electrons. The molecule has 0 aliphatic heterocycles. The fraction of sp³-hybridized carbons (Fsp3) is 0.150. The molecule has 1 aromatic heterocycles. The van der Waals surface area contributed by atoms with Crippen LogP contribution < -0.4 is 5.19 Å². The van der Waals surface area contributed by atoms with E-state index in [1.54, 1.807) is 0 Å². The first-order chi connectivity index (χ1) is 10.5. The van der Waals surface area contributed by atoms with E-state index in [2.05, 4.69) is 74.3 Å². The van der Waals surface area contributed by atoms with Crippen LogP contribution in [0.15, 0.2) is 42.5 Å². The molecule has 4 rings (SSSR count). The molecule has 0 amide bonds. The molecule has 1 nitrogen and oxygen atoms in total. The van der Waals surface area contributed by atoms with Gasteiger partial charge in [-0.25, -0.2) is 0 Å². The van der Waals surface area contributed by atoms with E-state index in [0.717, 1.165) is 16.8 Å². The van der Waals surface area contributed by atoms with Gasteiger partial charge < -0.3 is 0 Å². The molecule has 0 fully saturated rings. The second kappa shape index (κ2) is 5.83. The minimum Gasteiger partial charge on any atom is -0.296 e. The average Bonchev–Trinajstić information content (AvgIpc) is 2.92. The Morgan fingerprint density at radius 2 is 1.74 bits per heavy atom. The molecule has 0 spiro atoms. The Morgan fingerprint density at radius 3 is 2.52 bits per heavy atom. The summed E-state index contributed by atoms with van der Waals surface area (Å²) in [7, 11) is -1.32. The van der Waals surface area contributed by atoms with E-state index in [1.807, 2.05) is 6.07 Å². The Hall–Kier alpha value is -1.54. The van der Waals surface area contributed by atoms with Gasteiger partial charge >= 0.3 is 0 Å². The summed E-state index contributed by atoms with van der Waals surface area (Å²) in [6.07, 6.45) is 4.36. The van der Waals surface area contributed by atoms with Crippen molar-refractivity contribution in [2.24, 2.45) is 0 Å². The number of pyridine rings is 1. The van der Waals surface area contributed by atoms with Gasteiger partial charge in [0.15, 0.2) is 0 Å². The number of aromatic nitrogens is 1. The van der Waals surface area contributed by atoms with Crippen molar-refractivity contribution in [2.45, 2.75) is 19.6 Å². The van der Waals surface area contributed by atoms with E-state index >= 15 is 0 Å². The van der Waals surface area contributed by atoms with E-state index in [-0.39, 0.29) is 20.1 Å². The minimum absolute atomic E-state index is 0. The van der Waals surface area contributed by atoms with E-state index < -0.39 is 8.07 Å². The molecule has 0 atom stereocenters. The van der Waals surface area contributed by atoms with Crippen molar-refractivity contribution in [3.05, 3.63) is 59.7 Å². The van der Waals surface area contributed by atoms with Crippen molar-refractivity contribution in [3.8, 4) is 11.3 Å². The van der Waals surface area contributed by atoms with Crippen LogP contribution in [0.3, 0.4) is 0 Å². The third kappa shape index (κ3) is 2.85. The van der Waals surface area contributed by atoms with E-state index in [9.17, 15) is 0 Å². The molecule has 3 heteroatoms. The van der Waals surface area contributed by atoms with Crippen molar-refractivity contribution in [2.75, 3.05) is 0 Å². The van der Waals surface area contributed by atoms with Crippen LogP contribution in [0.2, 0.25) is 19.6 Å². The fourth-order valence-corrected chi connectivity index (χ4v) is 4.18. The van der Waals surface area contributed by atoms with Gasteiger partial charge in [-0.05, 0) is 22.9 Å². The first kappa shape index (κ1) is 16.3. The summed E-state index contributed by atoms with van der Waals surface area (Å²) in [6, 6.07) is 18.4. The van der Waals surface area contributed by atoms with Gasteiger partial charge in [-0.15, -0.1) is 35.0 Å². The van der Waals surface area contributed by atoms with Gasteiger partial charge in [0.1, 0.15) is 0 Å². The maximum atomic E-state index is 4.87. The van der Waals surface area contributed by atoms with Crippen molar-refractivity contribution in [1.29, 1.82) is 0 Å². The van der Waals surface area contributed by atoms with Crippen LogP contribution >= 0.6 is 0 Å². The van der Waals surface area contributed by atoms with Gasteiger partial charge in [0.2, 0.25) is 0 Å². The maximum Gasteiger partial charge on any atom is 0.0607 e. The van der Waals surface area contributed by atoms with Crippen LogP contribution in [-0.4, -0.2) is 13.1 Å². The summed E-state index contributed by atoms with van der Waals surface area (Å²) >= 11 is 0. The summed E-state index contributed by atoms with van der Waals surface area (Å²) < 4.78 is 0. The first-order valence-corrected chi connectivity index (χ1v) is 11.2. The Kier molecular flexibility index (Phi) is 4.13. The molecule has 23 heavy (non-hydrogen) atoms. The quantitative estimate of drug-likeness (QED) is 0.291. The molecule has 2 aromatic carbocycles. The van der Waals surface area contributed by atoms with Crippen LogP contribution in [0, 0.1) is 6.07 Å². The maximum absolute atomic E-state index is 4.87. The molecule has 0 bridgehead atoms. The number of rotatable bonds is 2. The van der Waals surface area contributed by atoms with Crippen LogP contribution in [0.25, 0.3) is 34.3 Å². The fourth-order valence-electron chi connectivity index (χ4n) is 3.02. The summed E-state index contributed by atoms with van der Waals surface area (Å²) in [5, 5.41) is 2.72. The predicted octanol–water partition coefficient (Wildman–Crippen LogP) is 4.73. The zero-order valence-electron chi connectivity index (χ0n) is 13.5. The normalized spacial score (nSPS) is 12.5. The third-order valence-electron chi connectivity index (χ3n) is 4.28. The molecule has 0 unspecified atom stereocenters. The summed E-state index contributed by atoms with van der Waals surface area (Å²) in [4.78, 5) is 4.87. The Morgan fingerprint density at radius 1 is 0.957 bits per heavy atom. The Balaban J connectivity index is 0.00000156. The van der Waals surface area contributed by atoms with Crippen LogP contribution in [0.5, 0.6) is 0 Å². The monoisotopic (exact) mass is 493 g/mol. The van der Waals surface area contributed by atoms with Gasteiger partial charge in [-0.3, -0.25) is 4.98 Å². The van der Waals surface area contributed by atoms with E-state index in [1.165, 1.54) is 21.7 Å². The van der Waals surface area contributed by atoms with E-state index in [0.29, 0.717) is 0 Å². The standard InChI is InChI=1S/C20H18NSi.Ir/c1-22(2,3)17-8-4-7-15(12-17)19-13-16-11-10-14-6-5-9-18(21-19)20(14)16;/h4-6,8-13H,1-3H3;/q-1;. The number of nitrogens with zero attached hydrogens (tertiary/aromatic N) is 1. The average molecular weight is 493 g/mol. The van der Waals surface area contributed by atoms with Gasteiger partial charge in [0.05, 0.1) is 13.6 Å². The topological polar surface area (TPSA) is 12.9 Å².